The molecule has 258 valence electrons. The van der Waals surface area contributed by atoms with Crippen molar-refractivity contribution in [1.82, 2.24) is 15.3 Å². The first-order chi connectivity index (χ1) is 25.8. The summed E-state index contributed by atoms with van der Waals surface area (Å²) in [6.45, 7) is 12.5. The number of amidine groups is 2. The third-order valence-corrected chi connectivity index (χ3v) is 10.4. The van der Waals surface area contributed by atoms with E-state index in [0.29, 0.717) is 23.3 Å². The summed E-state index contributed by atoms with van der Waals surface area (Å²) < 4.78 is 0. The van der Waals surface area contributed by atoms with Gasteiger partial charge in [-0.15, -0.1) is 0 Å². The van der Waals surface area contributed by atoms with Crippen LogP contribution in [0.5, 0.6) is 0 Å². The Morgan fingerprint density at radius 2 is 0.660 bits per heavy atom. The van der Waals surface area contributed by atoms with Gasteiger partial charge in [0.2, 0.25) is 0 Å². The van der Waals surface area contributed by atoms with Gasteiger partial charge in [0.05, 0.1) is 0 Å². The van der Waals surface area contributed by atoms with Gasteiger partial charge in [0, 0.05) is 33.6 Å². The molecule has 8 rings (SSSR count). The highest BCUT2D eigenvalue weighted by atomic mass is 15.1. The van der Waals surface area contributed by atoms with Gasteiger partial charge in [-0.3, -0.25) is 0 Å². The van der Waals surface area contributed by atoms with E-state index in [1.807, 2.05) is 13.8 Å². The molecule has 0 radical (unpaired) electrons. The maximum atomic E-state index is 5.35. The summed E-state index contributed by atoms with van der Waals surface area (Å²) in [6.07, 6.45) is 0. The Balaban J connectivity index is 1.61. The molecular formula is C48H41N5. The molecule has 1 aliphatic heterocycles. The number of aromatic nitrogens is 2. The van der Waals surface area contributed by atoms with E-state index in [1.165, 1.54) is 11.1 Å². The number of pyridine rings is 2. The Labute approximate surface area is 311 Å². The Morgan fingerprint density at radius 3 is 0.943 bits per heavy atom. The Hall–Kier alpha value is -6.46. The standard InChI is InChI=1S/C48H41N5/c1-29-27-39(49-33(5)31(29)3)51-47-45-43(37-23-15-9-16-24-37)41(35-19-11-7-12-20-35)42(36-21-13-8-14-22-36)44(38-25-17-10-18-26-38)46(45)48(53-47)52-40-28-30(2)32(4)34(6)50-40/h7-28H,1-6H3,(H,49,50,51,52,53). The lowest BCUT2D eigenvalue weighted by molar-refractivity contribution is 1.10. The van der Waals surface area contributed by atoms with Crippen LogP contribution in [0.4, 0.5) is 11.6 Å². The monoisotopic (exact) mass is 687 g/mol. The first-order valence-electron chi connectivity index (χ1n) is 18.1. The summed E-state index contributed by atoms with van der Waals surface area (Å²) in [6, 6.07) is 46.9. The molecule has 0 atom stereocenters. The quantitative estimate of drug-likeness (QED) is 0.189. The van der Waals surface area contributed by atoms with Gasteiger partial charge >= 0.3 is 0 Å². The van der Waals surface area contributed by atoms with Gasteiger partial charge < -0.3 is 5.32 Å². The molecule has 0 amide bonds. The van der Waals surface area contributed by atoms with Crippen LogP contribution in [-0.4, -0.2) is 21.6 Å². The number of benzene rings is 5. The lowest BCUT2D eigenvalue weighted by Gasteiger charge is -2.25. The normalized spacial score (nSPS) is 13.7. The van der Waals surface area contributed by atoms with Crippen LogP contribution < -0.4 is 5.32 Å². The summed E-state index contributed by atoms with van der Waals surface area (Å²) in [5.74, 6) is 2.69. The summed E-state index contributed by atoms with van der Waals surface area (Å²) in [7, 11) is 0. The molecule has 0 unspecified atom stereocenters. The molecule has 0 bridgehead atoms. The Morgan fingerprint density at radius 1 is 0.377 bits per heavy atom. The van der Waals surface area contributed by atoms with Gasteiger partial charge in [0.25, 0.3) is 0 Å². The summed E-state index contributed by atoms with van der Waals surface area (Å²) in [4.78, 5) is 20.6. The molecule has 0 spiro atoms. The van der Waals surface area contributed by atoms with Crippen LogP contribution in [0.15, 0.2) is 143 Å². The molecule has 0 saturated carbocycles. The Kier molecular flexibility index (Phi) is 8.85. The molecule has 1 N–H and O–H groups in total. The zero-order valence-corrected chi connectivity index (χ0v) is 31.0. The highest BCUT2D eigenvalue weighted by Crippen LogP contribution is 2.51. The largest absolute Gasteiger partial charge is 0.324 e. The fraction of sp³-hybridized carbons (Fsp3) is 0.125. The second-order valence-corrected chi connectivity index (χ2v) is 13.8. The van der Waals surface area contributed by atoms with Gasteiger partial charge in [-0.2, -0.15) is 0 Å². The molecule has 5 heteroatoms. The third kappa shape index (κ3) is 6.25. The van der Waals surface area contributed by atoms with Crippen molar-refractivity contribution in [2.75, 3.05) is 0 Å². The molecule has 7 aromatic rings. The molecule has 0 aliphatic carbocycles. The second kappa shape index (κ2) is 13.9. The van der Waals surface area contributed by atoms with Crippen LogP contribution in [0, 0.1) is 41.5 Å². The minimum Gasteiger partial charge on any atom is -0.324 e. The van der Waals surface area contributed by atoms with E-state index in [4.69, 9.17) is 20.0 Å². The van der Waals surface area contributed by atoms with Gasteiger partial charge in [-0.25, -0.2) is 20.0 Å². The second-order valence-electron chi connectivity index (χ2n) is 13.8. The van der Waals surface area contributed by atoms with Gasteiger partial charge in [-0.05, 0) is 109 Å². The number of hydrogen-bond acceptors (Lipinski definition) is 4. The van der Waals surface area contributed by atoms with Crippen molar-refractivity contribution in [2.45, 2.75) is 41.5 Å². The van der Waals surface area contributed by atoms with E-state index in [0.717, 1.165) is 78.1 Å². The van der Waals surface area contributed by atoms with Crippen molar-refractivity contribution >= 4 is 23.3 Å². The first kappa shape index (κ1) is 33.7. The highest BCUT2D eigenvalue weighted by Gasteiger charge is 2.36. The number of nitrogens with one attached hydrogen (secondary N) is 1. The molecule has 2 aromatic heterocycles. The number of nitrogens with zero attached hydrogens (tertiary/aromatic N) is 4. The average Bonchev–Trinajstić information content (AvgIpc) is 3.52. The van der Waals surface area contributed by atoms with E-state index < -0.39 is 0 Å². The van der Waals surface area contributed by atoms with Crippen molar-refractivity contribution < 1.29 is 0 Å². The Bertz CT molecular complexity index is 2330. The number of aliphatic imine (C=N–C) groups is 2. The predicted octanol–water partition coefficient (Wildman–Crippen LogP) is 11.8. The molecule has 53 heavy (non-hydrogen) atoms. The molecule has 0 saturated heterocycles. The number of hydrogen-bond donors (Lipinski definition) is 1. The number of aryl methyl sites for hydroxylation is 4. The van der Waals surface area contributed by atoms with Crippen molar-refractivity contribution in [1.29, 1.82) is 0 Å². The maximum absolute atomic E-state index is 5.35. The smallest absolute Gasteiger partial charge is 0.154 e. The van der Waals surface area contributed by atoms with Crippen LogP contribution >= 0.6 is 0 Å². The minimum atomic E-state index is 0.647. The first-order valence-corrected chi connectivity index (χ1v) is 18.1. The van der Waals surface area contributed by atoms with Gasteiger partial charge in [0.15, 0.2) is 11.6 Å². The van der Waals surface area contributed by atoms with E-state index in [1.54, 1.807) is 0 Å². The molecule has 5 nitrogen and oxygen atoms in total. The van der Waals surface area contributed by atoms with E-state index >= 15 is 0 Å². The summed E-state index contributed by atoms with van der Waals surface area (Å²) in [5, 5.41) is 3.76. The fourth-order valence-corrected chi connectivity index (χ4v) is 7.30. The average molecular weight is 688 g/mol. The molecule has 3 heterocycles. The molecule has 5 aromatic carbocycles. The number of fused-ring (bicyclic) bond motifs is 1. The van der Waals surface area contributed by atoms with E-state index in [9.17, 15) is 0 Å². The van der Waals surface area contributed by atoms with Crippen molar-refractivity contribution in [3.8, 4) is 44.5 Å². The van der Waals surface area contributed by atoms with Crippen molar-refractivity contribution in [3.63, 3.8) is 0 Å². The summed E-state index contributed by atoms with van der Waals surface area (Å²) >= 11 is 0. The van der Waals surface area contributed by atoms with Gasteiger partial charge in [0.1, 0.15) is 11.7 Å². The minimum absolute atomic E-state index is 0.647. The fourth-order valence-electron chi connectivity index (χ4n) is 7.30. The van der Waals surface area contributed by atoms with Crippen LogP contribution in [0.1, 0.15) is 44.8 Å². The zero-order chi connectivity index (χ0) is 36.6. The molecule has 1 aliphatic rings. The van der Waals surface area contributed by atoms with Crippen LogP contribution in [0.3, 0.4) is 0 Å². The van der Waals surface area contributed by atoms with Crippen LogP contribution in [0.2, 0.25) is 0 Å². The molecule has 0 fully saturated rings. The van der Waals surface area contributed by atoms with Crippen LogP contribution in [0.25, 0.3) is 44.5 Å². The van der Waals surface area contributed by atoms with Crippen LogP contribution in [-0.2, 0) is 0 Å². The van der Waals surface area contributed by atoms with E-state index in [2.05, 4.69) is 166 Å². The van der Waals surface area contributed by atoms with E-state index in [-0.39, 0.29) is 0 Å². The lowest BCUT2D eigenvalue weighted by Crippen LogP contribution is -2.22. The highest BCUT2D eigenvalue weighted by molar-refractivity contribution is 6.33. The molecular weight excluding hydrogens is 647 g/mol. The topological polar surface area (TPSA) is 62.5 Å². The predicted molar refractivity (Wildman–Crippen MR) is 221 cm³/mol. The lowest BCUT2D eigenvalue weighted by atomic mass is 9.77. The zero-order valence-electron chi connectivity index (χ0n) is 31.0. The van der Waals surface area contributed by atoms with Gasteiger partial charge in [-0.1, -0.05) is 121 Å². The van der Waals surface area contributed by atoms with Crippen molar-refractivity contribution in [2.24, 2.45) is 9.98 Å². The third-order valence-electron chi connectivity index (χ3n) is 10.4. The number of rotatable bonds is 6. The summed E-state index contributed by atoms with van der Waals surface area (Å²) in [5.41, 5.74) is 17.3. The maximum Gasteiger partial charge on any atom is 0.154 e. The SMILES string of the molecule is Cc1cc(N=C2NC(=Nc3cc(C)c(C)c(C)n3)c3c2c(-c2ccccc2)c(-c2ccccc2)c(-c2ccccc2)c3-c2ccccc2)nc(C)c1C. The van der Waals surface area contributed by atoms with Crippen molar-refractivity contribution in [3.05, 3.63) is 178 Å².